The molecule has 1 aromatic rings. The highest BCUT2D eigenvalue weighted by Gasteiger charge is 2.43. The summed E-state index contributed by atoms with van der Waals surface area (Å²) in [5, 5.41) is 5.64. The Morgan fingerprint density at radius 1 is 1.12 bits per heavy atom. The first kappa shape index (κ1) is 25.7. The Balaban J connectivity index is 2.24. The summed E-state index contributed by atoms with van der Waals surface area (Å²) in [5.74, 6) is -0.470. The van der Waals surface area contributed by atoms with Gasteiger partial charge in [-0.3, -0.25) is 9.59 Å². The second kappa shape index (κ2) is 11.3. The first-order chi connectivity index (χ1) is 15.0. The molecule has 0 saturated heterocycles. The molecule has 1 aliphatic rings. The third-order valence-corrected chi connectivity index (χ3v) is 5.30. The molecule has 7 nitrogen and oxygen atoms in total. The van der Waals surface area contributed by atoms with Gasteiger partial charge in [-0.1, -0.05) is 49.6 Å². The molecule has 0 radical (unpaired) electrons. The smallest absolute Gasteiger partial charge is 0.408 e. The van der Waals surface area contributed by atoms with Gasteiger partial charge < -0.3 is 20.3 Å². The van der Waals surface area contributed by atoms with Crippen molar-refractivity contribution in [2.75, 3.05) is 6.54 Å². The number of benzene rings is 1. The van der Waals surface area contributed by atoms with E-state index in [1.807, 2.05) is 31.2 Å². The van der Waals surface area contributed by atoms with Crippen LogP contribution in [0.5, 0.6) is 0 Å². The Hall–Kier alpha value is -2.57. The predicted octanol–water partition coefficient (Wildman–Crippen LogP) is 4.25. The zero-order chi connectivity index (χ0) is 23.9. The summed E-state index contributed by atoms with van der Waals surface area (Å²) in [7, 11) is 0. The fraction of sp³-hybridized carbons (Fsp3) is 0.640. The van der Waals surface area contributed by atoms with E-state index in [2.05, 4.69) is 17.6 Å². The molecule has 178 valence electrons. The van der Waals surface area contributed by atoms with Gasteiger partial charge in [0.05, 0.1) is 0 Å². The number of hydrogen-bond acceptors (Lipinski definition) is 4. The maximum atomic E-state index is 13.5. The number of amides is 3. The average molecular weight is 446 g/mol. The Bertz CT molecular complexity index is 781. The fourth-order valence-corrected chi connectivity index (χ4v) is 3.51. The number of rotatable bonds is 10. The molecule has 32 heavy (non-hydrogen) atoms. The first-order valence-corrected chi connectivity index (χ1v) is 11.7. The Morgan fingerprint density at radius 3 is 2.28 bits per heavy atom. The van der Waals surface area contributed by atoms with Gasteiger partial charge in [-0.15, -0.1) is 0 Å². The summed E-state index contributed by atoms with van der Waals surface area (Å²) in [6.45, 7) is 11.6. The van der Waals surface area contributed by atoms with Gasteiger partial charge in [-0.25, -0.2) is 4.79 Å². The van der Waals surface area contributed by atoms with E-state index in [-0.39, 0.29) is 17.9 Å². The van der Waals surface area contributed by atoms with Crippen LogP contribution in [-0.4, -0.2) is 47.0 Å². The van der Waals surface area contributed by atoms with Crippen molar-refractivity contribution in [1.82, 2.24) is 15.5 Å². The van der Waals surface area contributed by atoms with Crippen LogP contribution in [0.4, 0.5) is 4.79 Å². The van der Waals surface area contributed by atoms with Crippen molar-refractivity contribution >= 4 is 17.9 Å². The van der Waals surface area contributed by atoms with Crippen LogP contribution in [0.3, 0.4) is 0 Å². The molecule has 2 N–H and O–H groups in total. The van der Waals surface area contributed by atoms with Crippen LogP contribution in [0.2, 0.25) is 0 Å². The molecule has 2 rings (SSSR count). The van der Waals surface area contributed by atoms with E-state index in [0.717, 1.165) is 43.2 Å². The van der Waals surface area contributed by atoms with E-state index in [4.69, 9.17) is 4.74 Å². The predicted molar refractivity (Wildman–Crippen MR) is 125 cm³/mol. The summed E-state index contributed by atoms with van der Waals surface area (Å²) in [6, 6.07) is 6.14. The van der Waals surface area contributed by atoms with Gasteiger partial charge in [0.2, 0.25) is 11.8 Å². The average Bonchev–Trinajstić information content (AvgIpc) is 3.53. The molecule has 1 saturated carbocycles. The lowest BCUT2D eigenvalue weighted by Crippen LogP contribution is -2.52. The minimum atomic E-state index is -0.814. The molecule has 0 spiro atoms. The summed E-state index contributed by atoms with van der Waals surface area (Å²) in [4.78, 5) is 40.6. The highest BCUT2D eigenvalue weighted by Crippen LogP contribution is 2.35. The zero-order valence-corrected chi connectivity index (χ0v) is 20.4. The molecule has 7 heteroatoms. The number of carbonyl (C=O) groups is 3. The number of nitrogens with one attached hydrogen (secondary N) is 2. The maximum Gasteiger partial charge on any atom is 0.408 e. The molecule has 1 aliphatic carbocycles. The van der Waals surface area contributed by atoms with Crippen molar-refractivity contribution in [2.24, 2.45) is 0 Å². The lowest BCUT2D eigenvalue weighted by atomic mass is 10.0. The Kier molecular flexibility index (Phi) is 9.10. The third kappa shape index (κ3) is 7.84. The van der Waals surface area contributed by atoms with Crippen LogP contribution < -0.4 is 10.6 Å². The number of alkyl carbamates (subject to hydrolysis) is 1. The normalized spacial score (nSPS) is 15.4. The first-order valence-electron chi connectivity index (χ1n) is 11.7. The van der Waals surface area contributed by atoms with E-state index < -0.39 is 23.8 Å². The highest BCUT2D eigenvalue weighted by molar-refractivity contribution is 5.92. The van der Waals surface area contributed by atoms with Gasteiger partial charge >= 0.3 is 6.09 Å². The van der Waals surface area contributed by atoms with Gasteiger partial charge in [-0.2, -0.15) is 0 Å². The van der Waals surface area contributed by atoms with E-state index in [0.29, 0.717) is 6.54 Å². The molecular weight excluding hydrogens is 406 g/mol. The van der Waals surface area contributed by atoms with Crippen molar-refractivity contribution in [3.8, 4) is 0 Å². The second-order valence-corrected chi connectivity index (χ2v) is 9.66. The Morgan fingerprint density at radius 2 is 1.75 bits per heavy atom. The number of ether oxygens (including phenoxy) is 1. The molecule has 3 amide bonds. The summed E-state index contributed by atoms with van der Waals surface area (Å²) in [6.07, 6.45) is 4.05. The molecule has 2 unspecified atom stereocenters. The summed E-state index contributed by atoms with van der Waals surface area (Å²) < 4.78 is 5.30. The van der Waals surface area contributed by atoms with E-state index >= 15 is 0 Å². The van der Waals surface area contributed by atoms with Crippen molar-refractivity contribution in [3.63, 3.8) is 0 Å². The van der Waals surface area contributed by atoms with Gasteiger partial charge in [0.15, 0.2) is 0 Å². The quantitative estimate of drug-likeness (QED) is 0.527. The molecular formula is C25H39N3O4. The molecule has 0 aromatic heterocycles. The number of unbranched alkanes of at least 4 members (excludes halogenated alkanes) is 2. The number of carbonyl (C=O) groups excluding carboxylic acids is 3. The summed E-state index contributed by atoms with van der Waals surface area (Å²) >= 11 is 0. The van der Waals surface area contributed by atoms with E-state index in [1.165, 1.54) is 0 Å². The van der Waals surface area contributed by atoms with Gasteiger partial charge in [0, 0.05) is 12.6 Å². The SMILES string of the molecule is CCCCCNC(=O)C(c1ccc(C)cc1)N(C(=O)C(C)NC(=O)OC(C)(C)C)C1CC1. The highest BCUT2D eigenvalue weighted by atomic mass is 16.6. The fourth-order valence-electron chi connectivity index (χ4n) is 3.51. The lowest BCUT2D eigenvalue weighted by molar-refractivity contribution is -0.142. The van der Waals surface area contributed by atoms with Crippen molar-refractivity contribution < 1.29 is 19.1 Å². The standard InChI is InChI=1S/C25H39N3O4/c1-7-8-9-16-26-22(29)21(19-12-10-17(2)11-13-19)28(20-14-15-20)23(30)18(3)27-24(31)32-25(4,5)6/h10-13,18,20-21H,7-9,14-16H2,1-6H3,(H,26,29)(H,27,31). The van der Waals surface area contributed by atoms with Crippen LogP contribution in [0.1, 0.15) is 83.9 Å². The van der Waals surface area contributed by atoms with Gasteiger partial charge in [0.1, 0.15) is 17.7 Å². The zero-order valence-electron chi connectivity index (χ0n) is 20.4. The number of aryl methyl sites for hydroxylation is 1. The lowest BCUT2D eigenvalue weighted by Gasteiger charge is -2.34. The van der Waals surface area contributed by atoms with Crippen LogP contribution in [0.15, 0.2) is 24.3 Å². The minimum absolute atomic E-state index is 0.0157. The molecule has 0 heterocycles. The number of nitrogens with zero attached hydrogens (tertiary/aromatic N) is 1. The van der Waals surface area contributed by atoms with Crippen LogP contribution in [0.25, 0.3) is 0 Å². The van der Waals surface area contributed by atoms with Crippen LogP contribution >= 0.6 is 0 Å². The Labute approximate surface area is 192 Å². The van der Waals surface area contributed by atoms with Gasteiger partial charge in [0.25, 0.3) is 0 Å². The molecule has 0 aliphatic heterocycles. The summed E-state index contributed by atoms with van der Waals surface area (Å²) in [5.41, 5.74) is 1.19. The monoisotopic (exact) mass is 445 g/mol. The van der Waals surface area contributed by atoms with Crippen molar-refractivity contribution in [3.05, 3.63) is 35.4 Å². The van der Waals surface area contributed by atoms with Crippen LogP contribution in [0, 0.1) is 6.92 Å². The third-order valence-electron chi connectivity index (χ3n) is 5.30. The topological polar surface area (TPSA) is 87.7 Å². The molecule has 0 bridgehead atoms. The van der Waals surface area contributed by atoms with Gasteiger partial charge in [-0.05, 0) is 59.4 Å². The van der Waals surface area contributed by atoms with Crippen molar-refractivity contribution in [1.29, 1.82) is 0 Å². The maximum absolute atomic E-state index is 13.5. The van der Waals surface area contributed by atoms with Crippen LogP contribution in [-0.2, 0) is 14.3 Å². The van der Waals surface area contributed by atoms with E-state index in [1.54, 1.807) is 32.6 Å². The second-order valence-electron chi connectivity index (χ2n) is 9.66. The van der Waals surface area contributed by atoms with E-state index in [9.17, 15) is 14.4 Å². The minimum Gasteiger partial charge on any atom is -0.444 e. The molecule has 1 fully saturated rings. The molecule has 1 aromatic carbocycles. The number of hydrogen-bond donors (Lipinski definition) is 2. The molecule has 2 atom stereocenters. The largest absolute Gasteiger partial charge is 0.444 e. The van der Waals surface area contributed by atoms with Crippen molar-refractivity contribution in [2.45, 2.75) is 97.4 Å².